The third kappa shape index (κ3) is 4.39. The first kappa shape index (κ1) is 18.8. The van der Waals surface area contributed by atoms with Gasteiger partial charge in [-0.2, -0.15) is 13.2 Å². The zero-order chi connectivity index (χ0) is 18.7. The molecule has 0 saturated carbocycles. The summed E-state index contributed by atoms with van der Waals surface area (Å²) in [5.74, 6) is -1.12. The van der Waals surface area contributed by atoms with Crippen molar-refractivity contribution in [3.8, 4) is 11.5 Å². The summed E-state index contributed by atoms with van der Waals surface area (Å²) in [6.45, 7) is 2.36. The van der Waals surface area contributed by atoms with Gasteiger partial charge in [0.15, 0.2) is 11.5 Å². The number of nitrogens with zero attached hydrogens (tertiary/aromatic N) is 1. The Balaban J connectivity index is 1.78. The molecule has 3 rings (SSSR count). The Bertz CT molecular complexity index is 647. The Kier molecular flexibility index (Phi) is 5.57. The van der Waals surface area contributed by atoms with E-state index in [-0.39, 0.29) is 6.54 Å². The molecule has 0 aliphatic carbocycles. The van der Waals surface area contributed by atoms with Crippen LogP contribution in [-0.4, -0.2) is 61.0 Å². The Morgan fingerprint density at radius 1 is 1.19 bits per heavy atom. The zero-order valence-electron chi connectivity index (χ0n) is 14.1. The molecule has 2 aliphatic rings. The highest BCUT2D eigenvalue weighted by Gasteiger charge is 2.41. The maximum Gasteiger partial charge on any atom is 0.471 e. The van der Waals surface area contributed by atoms with Crippen LogP contribution in [0, 0.1) is 0 Å². The molecule has 2 aliphatic heterocycles. The molecule has 2 N–H and O–H groups in total. The first-order chi connectivity index (χ1) is 12.3. The van der Waals surface area contributed by atoms with Crippen molar-refractivity contribution in [1.29, 1.82) is 0 Å². The van der Waals surface area contributed by atoms with Crippen molar-refractivity contribution >= 4 is 5.91 Å². The number of hydrogen-bond acceptors (Lipinski definition) is 5. The van der Waals surface area contributed by atoms with E-state index >= 15 is 0 Å². The Morgan fingerprint density at radius 2 is 1.85 bits per heavy atom. The molecule has 2 heterocycles. The highest BCUT2D eigenvalue weighted by atomic mass is 19.4. The highest BCUT2D eigenvalue weighted by Crippen LogP contribution is 2.33. The van der Waals surface area contributed by atoms with Gasteiger partial charge in [-0.3, -0.25) is 4.79 Å². The number of amides is 1. The van der Waals surface area contributed by atoms with Crippen LogP contribution < -0.4 is 14.8 Å². The molecule has 1 aromatic rings. The van der Waals surface area contributed by atoms with Crippen molar-refractivity contribution in [2.45, 2.75) is 31.2 Å². The van der Waals surface area contributed by atoms with Gasteiger partial charge in [-0.15, -0.1) is 0 Å². The van der Waals surface area contributed by atoms with Crippen molar-refractivity contribution in [2.75, 3.05) is 32.8 Å². The number of rotatable bonds is 5. The fraction of sp³-hybridized carbons (Fsp3) is 0.588. The van der Waals surface area contributed by atoms with Crippen molar-refractivity contribution in [2.24, 2.45) is 0 Å². The normalized spacial score (nSPS) is 19.8. The van der Waals surface area contributed by atoms with Crippen molar-refractivity contribution in [3.05, 3.63) is 23.8 Å². The quantitative estimate of drug-likeness (QED) is 0.820. The van der Waals surface area contributed by atoms with E-state index in [1.807, 2.05) is 10.2 Å². The number of likely N-dealkylation sites (tertiary alicyclic amines) is 1. The molecule has 6 nitrogen and oxygen atoms in total. The summed E-state index contributed by atoms with van der Waals surface area (Å²) in [6.07, 6.45) is -4.42. The average Bonchev–Trinajstić information content (AvgIpc) is 3.12. The molecule has 1 saturated heterocycles. The second kappa shape index (κ2) is 7.71. The predicted molar refractivity (Wildman–Crippen MR) is 86.1 cm³/mol. The summed E-state index contributed by atoms with van der Waals surface area (Å²) in [7, 11) is 0. The average molecular weight is 374 g/mol. The largest absolute Gasteiger partial charge is 0.486 e. The number of fused-ring (bicyclic) bond motifs is 1. The second-order valence-corrected chi connectivity index (χ2v) is 6.43. The molecule has 0 radical (unpaired) electrons. The van der Waals surface area contributed by atoms with Gasteiger partial charge in [0.05, 0.1) is 6.04 Å². The molecule has 1 amide bonds. The monoisotopic (exact) mass is 374 g/mol. The van der Waals surface area contributed by atoms with Gasteiger partial charge in [-0.25, -0.2) is 0 Å². The fourth-order valence-electron chi connectivity index (χ4n) is 3.19. The van der Waals surface area contributed by atoms with Crippen molar-refractivity contribution < 1.29 is 32.5 Å². The summed E-state index contributed by atoms with van der Waals surface area (Å²) in [4.78, 5) is 13.3. The minimum atomic E-state index is -5.00. The third-order valence-electron chi connectivity index (χ3n) is 4.52. The summed E-state index contributed by atoms with van der Waals surface area (Å²) in [5.41, 5.74) is 0.362. The minimum absolute atomic E-state index is 0.136. The van der Waals surface area contributed by atoms with E-state index in [0.29, 0.717) is 30.3 Å². The molecule has 0 spiro atoms. The first-order valence-corrected chi connectivity index (χ1v) is 8.52. The Labute approximate surface area is 148 Å². The highest BCUT2D eigenvalue weighted by molar-refractivity contribution is 5.82. The molecule has 0 aromatic heterocycles. The maximum atomic E-state index is 12.7. The van der Waals surface area contributed by atoms with Crippen LogP contribution in [0.5, 0.6) is 11.5 Å². The van der Waals surface area contributed by atoms with Gasteiger partial charge in [0.25, 0.3) is 0 Å². The lowest BCUT2D eigenvalue weighted by Crippen LogP contribution is -2.50. The molecular formula is C17H21F3N2O4. The van der Waals surface area contributed by atoms with Crippen LogP contribution in [-0.2, 0) is 4.79 Å². The maximum absolute atomic E-state index is 12.7. The fourth-order valence-corrected chi connectivity index (χ4v) is 3.19. The third-order valence-corrected chi connectivity index (χ3v) is 4.52. The van der Waals surface area contributed by atoms with Crippen LogP contribution in [0.2, 0.25) is 0 Å². The van der Waals surface area contributed by atoms with E-state index in [0.717, 1.165) is 25.9 Å². The Morgan fingerprint density at radius 3 is 2.50 bits per heavy atom. The van der Waals surface area contributed by atoms with E-state index in [1.54, 1.807) is 12.1 Å². The lowest BCUT2D eigenvalue weighted by molar-refractivity contribution is -0.175. The van der Waals surface area contributed by atoms with E-state index < -0.39 is 24.2 Å². The van der Waals surface area contributed by atoms with Gasteiger partial charge < -0.3 is 24.8 Å². The van der Waals surface area contributed by atoms with Crippen LogP contribution in [0.3, 0.4) is 0 Å². The number of alkyl halides is 3. The number of aliphatic hydroxyl groups excluding tert-OH is 1. The molecule has 2 atom stereocenters. The van der Waals surface area contributed by atoms with Crippen molar-refractivity contribution in [3.63, 3.8) is 0 Å². The molecule has 26 heavy (non-hydrogen) atoms. The number of halogens is 3. The van der Waals surface area contributed by atoms with Gasteiger partial charge in [0, 0.05) is 6.54 Å². The van der Waals surface area contributed by atoms with Crippen LogP contribution >= 0.6 is 0 Å². The molecule has 144 valence electrons. The smallest absolute Gasteiger partial charge is 0.471 e. The van der Waals surface area contributed by atoms with Gasteiger partial charge in [-0.1, -0.05) is 6.07 Å². The Hall–Kier alpha value is -2.00. The second-order valence-electron chi connectivity index (χ2n) is 6.43. The summed E-state index contributed by atoms with van der Waals surface area (Å²) in [5, 5.41) is 12.6. The van der Waals surface area contributed by atoms with Gasteiger partial charge >= 0.3 is 12.1 Å². The summed E-state index contributed by atoms with van der Waals surface area (Å²) in [6, 6.07) is 3.61. The SMILES string of the molecule is O=C(N[C@H](CN1CCCC1)[C@H](O)c1ccc2c(c1)OCCO2)C(F)(F)F. The molecule has 1 fully saturated rings. The number of hydrogen-bond donors (Lipinski definition) is 2. The van der Waals surface area contributed by atoms with Crippen molar-refractivity contribution in [1.82, 2.24) is 10.2 Å². The van der Waals surface area contributed by atoms with Crippen LogP contribution in [0.1, 0.15) is 24.5 Å². The number of nitrogens with one attached hydrogen (secondary N) is 1. The standard InChI is InChI=1S/C17H21F3N2O4/c18-17(19,20)16(24)21-12(10-22-5-1-2-6-22)15(23)11-3-4-13-14(9-11)26-8-7-25-13/h3-4,9,12,15,23H,1-2,5-8,10H2,(H,21,24)/t12-,15-/m1/s1. The van der Waals surface area contributed by atoms with E-state index in [4.69, 9.17) is 9.47 Å². The zero-order valence-corrected chi connectivity index (χ0v) is 14.1. The molecule has 9 heteroatoms. The summed E-state index contributed by atoms with van der Waals surface area (Å²) < 4.78 is 48.9. The number of carbonyl (C=O) groups excluding carboxylic acids is 1. The van der Waals surface area contributed by atoms with E-state index in [2.05, 4.69) is 0 Å². The predicted octanol–water partition coefficient (Wildman–Crippen LogP) is 1.63. The minimum Gasteiger partial charge on any atom is -0.486 e. The first-order valence-electron chi connectivity index (χ1n) is 8.52. The molecule has 0 bridgehead atoms. The van der Waals surface area contributed by atoms with Gasteiger partial charge in [-0.05, 0) is 43.6 Å². The number of aliphatic hydroxyl groups is 1. The van der Waals surface area contributed by atoms with E-state index in [1.165, 1.54) is 6.07 Å². The number of ether oxygens (including phenoxy) is 2. The van der Waals surface area contributed by atoms with Gasteiger partial charge in [0.2, 0.25) is 0 Å². The summed E-state index contributed by atoms with van der Waals surface area (Å²) >= 11 is 0. The van der Waals surface area contributed by atoms with Crippen LogP contribution in [0.4, 0.5) is 13.2 Å². The van der Waals surface area contributed by atoms with Gasteiger partial charge in [0.1, 0.15) is 19.3 Å². The molecule has 0 unspecified atom stereocenters. The van der Waals surface area contributed by atoms with E-state index in [9.17, 15) is 23.1 Å². The molecule has 1 aromatic carbocycles. The lowest BCUT2D eigenvalue weighted by atomic mass is 10.0. The molecular weight excluding hydrogens is 353 g/mol. The number of benzene rings is 1. The topological polar surface area (TPSA) is 71.0 Å². The number of carbonyl (C=O) groups is 1. The van der Waals surface area contributed by atoms with Crippen LogP contribution in [0.15, 0.2) is 18.2 Å². The van der Waals surface area contributed by atoms with Crippen LogP contribution in [0.25, 0.3) is 0 Å². The lowest BCUT2D eigenvalue weighted by Gasteiger charge is -2.29.